The lowest BCUT2D eigenvalue weighted by Gasteiger charge is -2.19. The number of amides is 1. The van der Waals surface area contributed by atoms with Crippen LogP contribution >= 0.6 is 11.8 Å². The van der Waals surface area contributed by atoms with Crippen LogP contribution in [0.2, 0.25) is 0 Å². The molecule has 1 aromatic carbocycles. The summed E-state index contributed by atoms with van der Waals surface area (Å²) in [5.41, 5.74) is 4.51. The fourth-order valence-electron chi connectivity index (χ4n) is 2.40. The molecule has 0 bridgehead atoms. The highest BCUT2D eigenvalue weighted by atomic mass is 32.2. The summed E-state index contributed by atoms with van der Waals surface area (Å²) in [5, 5.41) is 0. The fourth-order valence-corrected chi connectivity index (χ4v) is 3.33. The zero-order valence-electron chi connectivity index (χ0n) is 12.0. The van der Waals surface area contributed by atoms with Gasteiger partial charge < -0.3 is 0 Å². The lowest BCUT2D eigenvalue weighted by atomic mass is 9.99. The third-order valence-electron chi connectivity index (χ3n) is 3.74. The highest BCUT2D eigenvalue weighted by Crippen LogP contribution is 2.18. The monoisotopic (exact) mass is 293 g/mol. The van der Waals surface area contributed by atoms with Crippen molar-refractivity contribution in [2.24, 2.45) is 5.84 Å². The van der Waals surface area contributed by atoms with Crippen molar-refractivity contribution in [1.82, 2.24) is 10.3 Å². The maximum absolute atomic E-state index is 11.5. The number of benzene rings is 1. The Balaban J connectivity index is 1.95. The third-order valence-corrected chi connectivity index (χ3v) is 4.78. The first kappa shape index (κ1) is 15.4. The molecule has 0 saturated carbocycles. The number of nitrogens with two attached hydrogens (primary N) is 1. The van der Waals surface area contributed by atoms with Gasteiger partial charge in [0.25, 0.3) is 0 Å². The van der Waals surface area contributed by atoms with E-state index in [0.717, 1.165) is 12.1 Å². The fraction of sp³-hybridized carbons (Fsp3) is 0.533. The molecule has 20 heavy (non-hydrogen) atoms. The van der Waals surface area contributed by atoms with Gasteiger partial charge >= 0.3 is 0 Å². The van der Waals surface area contributed by atoms with E-state index >= 15 is 0 Å². The van der Waals surface area contributed by atoms with E-state index in [9.17, 15) is 4.79 Å². The van der Waals surface area contributed by atoms with Gasteiger partial charge in [-0.25, -0.2) is 5.84 Å². The number of carbonyl (C=O) groups is 1. The first-order valence-electron chi connectivity index (χ1n) is 7.10. The molecular weight excluding hydrogens is 270 g/mol. The molecule has 1 unspecified atom stereocenters. The number of hydrogen-bond donors (Lipinski definition) is 2. The lowest BCUT2D eigenvalue weighted by Crippen LogP contribution is -2.33. The summed E-state index contributed by atoms with van der Waals surface area (Å²) in [5.74, 6) is 7.32. The van der Waals surface area contributed by atoms with Gasteiger partial charge in [-0.2, -0.15) is 11.8 Å². The summed E-state index contributed by atoms with van der Waals surface area (Å²) in [7, 11) is 0. The van der Waals surface area contributed by atoms with Gasteiger partial charge in [0.1, 0.15) is 0 Å². The van der Waals surface area contributed by atoms with Gasteiger partial charge in [0.15, 0.2) is 0 Å². The summed E-state index contributed by atoms with van der Waals surface area (Å²) in [6.07, 6.45) is 1.27. The van der Waals surface area contributed by atoms with Crippen molar-refractivity contribution in [2.75, 3.05) is 24.6 Å². The second-order valence-electron chi connectivity index (χ2n) is 5.21. The minimum Gasteiger partial charge on any atom is -0.298 e. The molecule has 1 aliphatic heterocycles. The minimum absolute atomic E-state index is 0.151. The first-order chi connectivity index (χ1) is 9.70. The average Bonchev–Trinajstić information content (AvgIpc) is 2.75. The predicted octanol–water partition coefficient (Wildman–Crippen LogP) is 1.72. The molecule has 3 N–H and O–H groups in total. The SMILES string of the molecule is CC(C(=O)NN)c1ccc(CN2CCCSCC2)cc1. The van der Waals surface area contributed by atoms with Gasteiger partial charge in [-0.1, -0.05) is 24.3 Å². The van der Waals surface area contributed by atoms with Gasteiger partial charge in [0.2, 0.25) is 5.91 Å². The van der Waals surface area contributed by atoms with Crippen LogP contribution in [0.5, 0.6) is 0 Å². The van der Waals surface area contributed by atoms with Gasteiger partial charge in [0.05, 0.1) is 5.92 Å². The van der Waals surface area contributed by atoms with E-state index in [1.54, 1.807) is 0 Å². The Morgan fingerprint density at radius 2 is 2.10 bits per heavy atom. The zero-order valence-corrected chi connectivity index (χ0v) is 12.8. The Hall–Kier alpha value is -1.04. The third kappa shape index (κ3) is 4.23. The number of hydrazine groups is 1. The van der Waals surface area contributed by atoms with Gasteiger partial charge in [0, 0.05) is 18.8 Å². The molecule has 1 atom stereocenters. The average molecular weight is 293 g/mol. The zero-order chi connectivity index (χ0) is 14.4. The van der Waals surface area contributed by atoms with E-state index < -0.39 is 0 Å². The molecular formula is C15H23N3OS. The van der Waals surface area contributed by atoms with Crippen LogP contribution in [0, 0.1) is 0 Å². The molecule has 110 valence electrons. The molecule has 0 aliphatic carbocycles. The Morgan fingerprint density at radius 1 is 1.35 bits per heavy atom. The molecule has 1 heterocycles. The Bertz CT molecular complexity index is 427. The van der Waals surface area contributed by atoms with E-state index in [4.69, 9.17) is 5.84 Å². The topological polar surface area (TPSA) is 58.4 Å². The Labute approximate surface area is 125 Å². The molecule has 5 heteroatoms. The normalized spacial score (nSPS) is 18.3. The molecule has 1 amide bonds. The van der Waals surface area contributed by atoms with Crippen molar-refractivity contribution in [3.8, 4) is 0 Å². The molecule has 1 aliphatic rings. The van der Waals surface area contributed by atoms with Crippen molar-refractivity contribution in [3.05, 3.63) is 35.4 Å². The van der Waals surface area contributed by atoms with Crippen LogP contribution in [0.25, 0.3) is 0 Å². The summed E-state index contributed by atoms with van der Waals surface area (Å²) < 4.78 is 0. The van der Waals surface area contributed by atoms with Crippen LogP contribution in [0.4, 0.5) is 0 Å². The summed E-state index contributed by atoms with van der Waals surface area (Å²) in [6, 6.07) is 8.30. The summed E-state index contributed by atoms with van der Waals surface area (Å²) in [4.78, 5) is 14.0. The van der Waals surface area contributed by atoms with Crippen molar-refractivity contribution in [3.63, 3.8) is 0 Å². The quantitative estimate of drug-likeness (QED) is 0.504. The van der Waals surface area contributed by atoms with Crippen molar-refractivity contribution < 1.29 is 4.79 Å². The number of nitrogens with one attached hydrogen (secondary N) is 1. The highest BCUT2D eigenvalue weighted by Gasteiger charge is 2.14. The van der Waals surface area contributed by atoms with E-state index in [0.29, 0.717) is 0 Å². The smallest absolute Gasteiger partial charge is 0.241 e. The number of rotatable bonds is 4. The van der Waals surface area contributed by atoms with E-state index in [2.05, 4.69) is 22.5 Å². The van der Waals surface area contributed by atoms with E-state index in [1.807, 2.05) is 30.8 Å². The van der Waals surface area contributed by atoms with Crippen molar-refractivity contribution in [2.45, 2.75) is 25.8 Å². The molecule has 1 aromatic rings. The van der Waals surface area contributed by atoms with Crippen LogP contribution < -0.4 is 11.3 Å². The Kier molecular flexibility index (Phi) is 5.88. The van der Waals surface area contributed by atoms with Crippen LogP contribution in [0.15, 0.2) is 24.3 Å². The molecule has 2 rings (SSSR count). The number of hydrogen-bond acceptors (Lipinski definition) is 4. The van der Waals surface area contributed by atoms with Gasteiger partial charge in [-0.15, -0.1) is 0 Å². The van der Waals surface area contributed by atoms with Gasteiger partial charge in [-0.05, 0) is 36.8 Å². The van der Waals surface area contributed by atoms with Gasteiger partial charge in [-0.3, -0.25) is 15.1 Å². The standard InChI is InChI=1S/C15H23N3OS/c1-12(15(19)17-16)14-5-3-13(4-6-14)11-18-7-2-9-20-10-8-18/h3-6,12H,2,7-11,16H2,1H3,(H,17,19). The maximum atomic E-state index is 11.5. The molecule has 0 aromatic heterocycles. The number of carbonyl (C=O) groups excluding carboxylic acids is 1. The van der Waals surface area contributed by atoms with E-state index in [1.165, 1.54) is 36.6 Å². The van der Waals surface area contributed by atoms with E-state index in [-0.39, 0.29) is 11.8 Å². The van der Waals surface area contributed by atoms with Crippen molar-refractivity contribution >= 4 is 17.7 Å². The second kappa shape index (κ2) is 7.67. The molecule has 4 nitrogen and oxygen atoms in total. The van der Waals surface area contributed by atoms with Crippen LogP contribution in [-0.2, 0) is 11.3 Å². The second-order valence-corrected chi connectivity index (χ2v) is 6.44. The maximum Gasteiger partial charge on any atom is 0.241 e. The first-order valence-corrected chi connectivity index (χ1v) is 8.25. The Morgan fingerprint density at radius 3 is 2.80 bits per heavy atom. The number of thioether (sulfide) groups is 1. The van der Waals surface area contributed by atoms with Crippen LogP contribution in [0.3, 0.4) is 0 Å². The number of nitrogens with zero attached hydrogens (tertiary/aromatic N) is 1. The molecule has 1 fully saturated rings. The lowest BCUT2D eigenvalue weighted by molar-refractivity contribution is -0.122. The van der Waals surface area contributed by atoms with Crippen LogP contribution in [0.1, 0.15) is 30.4 Å². The molecule has 0 spiro atoms. The highest BCUT2D eigenvalue weighted by molar-refractivity contribution is 7.99. The predicted molar refractivity (Wildman–Crippen MR) is 84.4 cm³/mol. The van der Waals surface area contributed by atoms with Crippen molar-refractivity contribution in [1.29, 1.82) is 0 Å². The molecule has 1 saturated heterocycles. The summed E-state index contributed by atoms with van der Waals surface area (Å²) >= 11 is 2.04. The molecule has 0 radical (unpaired) electrons. The van der Waals surface area contributed by atoms with Crippen LogP contribution in [-0.4, -0.2) is 35.4 Å². The summed E-state index contributed by atoms with van der Waals surface area (Å²) in [6.45, 7) is 5.21. The largest absolute Gasteiger partial charge is 0.298 e. The minimum atomic E-state index is -0.205.